The number of nitrogens with zero attached hydrogens (tertiary/aromatic N) is 2. The molecule has 1 saturated carbocycles. The molecule has 0 unspecified atom stereocenters. The molecule has 1 fully saturated rings. The second-order valence-electron chi connectivity index (χ2n) is 3.69. The largest absolute Gasteiger partial charge is 0.314 e. The van der Waals surface area contributed by atoms with E-state index in [1.807, 2.05) is 7.05 Å². The van der Waals surface area contributed by atoms with Crippen molar-refractivity contribution in [3.05, 3.63) is 21.9 Å². The summed E-state index contributed by atoms with van der Waals surface area (Å²) in [5.41, 5.74) is 1.19. The van der Waals surface area contributed by atoms with Crippen LogP contribution in [0.15, 0.2) is 6.07 Å². The molecule has 0 radical (unpaired) electrons. The quantitative estimate of drug-likeness (QED) is 0.866. The van der Waals surface area contributed by atoms with Gasteiger partial charge in [-0.25, -0.2) is 0 Å². The summed E-state index contributed by atoms with van der Waals surface area (Å²) in [6, 6.07) is 1.79. The molecule has 76 valence electrons. The van der Waals surface area contributed by atoms with Crippen molar-refractivity contribution in [1.82, 2.24) is 15.5 Å². The van der Waals surface area contributed by atoms with Gasteiger partial charge in [0.05, 0.1) is 0 Å². The van der Waals surface area contributed by atoms with Crippen LogP contribution in [0.1, 0.15) is 18.4 Å². The van der Waals surface area contributed by atoms with Gasteiger partial charge in [0.1, 0.15) is 0 Å². The maximum atomic E-state index is 5.93. The van der Waals surface area contributed by atoms with E-state index in [1.54, 1.807) is 6.07 Å². The van der Waals surface area contributed by atoms with Crippen LogP contribution in [0, 0.1) is 0 Å². The van der Waals surface area contributed by atoms with E-state index in [4.69, 9.17) is 23.2 Å². The van der Waals surface area contributed by atoms with Gasteiger partial charge >= 0.3 is 0 Å². The maximum Gasteiger partial charge on any atom is 0.155 e. The molecule has 14 heavy (non-hydrogen) atoms. The van der Waals surface area contributed by atoms with Crippen LogP contribution >= 0.6 is 23.2 Å². The molecule has 1 N–H and O–H groups in total. The molecule has 0 amide bonds. The van der Waals surface area contributed by atoms with Gasteiger partial charge in [0.2, 0.25) is 0 Å². The zero-order chi connectivity index (χ0) is 10.2. The Morgan fingerprint density at radius 2 is 2.14 bits per heavy atom. The third kappa shape index (κ3) is 2.00. The van der Waals surface area contributed by atoms with Gasteiger partial charge in [-0.15, -0.1) is 10.2 Å². The molecule has 1 heterocycles. The molecule has 3 nitrogen and oxygen atoms in total. The third-order valence-corrected chi connectivity index (χ3v) is 3.21. The maximum absolute atomic E-state index is 5.93. The molecule has 0 saturated heterocycles. The van der Waals surface area contributed by atoms with Gasteiger partial charge in [0, 0.05) is 5.54 Å². The number of hydrogen-bond acceptors (Lipinski definition) is 3. The lowest BCUT2D eigenvalue weighted by Crippen LogP contribution is -2.29. The van der Waals surface area contributed by atoms with Crippen molar-refractivity contribution in [3.63, 3.8) is 0 Å². The van der Waals surface area contributed by atoms with E-state index in [1.165, 1.54) is 12.8 Å². The zero-order valence-electron chi connectivity index (χ0n) is 7.85. The van der Waals surface area contributed by atoms with Crippen LogP contribution in [0.5, 0.6) is 0 Å². The molecule has 1 aromatic rings. The summed E-state index contributed by atoms with van der Waals surface area (Å²) in [7, 11) is 1.97. The van der Waals surface area contributed by atoms with Crippen LogP contribution in [0.4, 0.5) is 0 Å². The van der Waals surface area contributed by atoms with E-state index in [-0.39, 0.29) is 5.54 Å². The molecule has 1 aliphatic carbocycles. The van der Waals surface area contributed by atoms with Gasteiger partial charge < -0.3 is 5.32 Å². The Balaban J connectivity index is 2.20. The first-order valence-electron chi connectivity index (χ1n) is 4.52. The smallest absolute Gasteiger partial charge is 0.155 e. The van der Waals surface area contributed by atoms with Gasteiger partial charge in [0.15, 0.2) is 10.3 Å². The van der Waals surface area contributed by atoms with E-state index in [0.29, 0.717) is 10.3 Å². The molecule has 5 heteroatoms. The Morgan fingerprint density at radius 1 is 1.43 bits per heavy atom. The molecule has 0 bridgehead atoms. The second-order valence-corrected chi connectivity index (χ2v) is 4.44. The first kappa shape index (κ1) is 10.1. The van der Waals surface area contributed by atoms with Crippen molar-refractivity contribution in [2.75, 3.05) is 7.05 Å². The normalized spacial score (nSPS) is 18.2. The van der Waals surface area contributed by atoms with Crippen molar-refractivity contribution < 1.29 is 0 Å². The van der Waals surface area contributed by atoms with E-state index < -0.39 is 0 Å². The lowest BCUT2D eigenvalue weighted by Gasteiger charge is -2.14. The minimum absolute atomic E-state index is 0.218. The van der Waals surface area contributed by atoms with Crippen LogP contribution in [0.2, 0.25) is 10.3 Å². The minimum atomic E-state index is 0.218. The van der Waals surface area contributed by atoms with Crippen LogP contribution in [-0.2, 0) is 6.42 Å². The molecule has 0 atom stereocenters. The van der Waals surface area contributed by atoms with Crippen molar-refractivity contribution in [3.8, 4) is 0 Å². The fourth-order valence-electron chi connectivity index (χ4n) is 1.54. The van der Waals surface area contributed by atoms with Crippen LogP contribution in [0.25, 0.3) is 0 Å². The van der Waals surface area contributed by atoms with Crippen molar-refractivity contribution in [2.45, 2.75) is 24.8 Å². The molecule has 0 spiro atoms. The topological polar surface area (TPSA) is 37.8 Å². The fraction of sp³-hybridized carbons (Fsp3) is 0.556. The summed E-state index contributed by atoms with van der Waals surface area (Å²) in [4.78, 5) is 0. The molecule has 0 aliphatic heterocycles. The Kier molecular flexibility index (Phi) is 2.64. The zero-order valence-corrected chi connectivity index (χ0v) is 9.36. The predicted octanol–water partition coefficient (Wildman–Crippen LogP) is 2.08. The number of nitrogens with one attached hydrogen (secondary N) is 1. The summed E-state index contributed by atoms with van der Waals surface area (Å²) in [6.07, 6.45) is 3.23. The second kappa shape index (κ2) is 3.65. The van der Waals surface area contributed by atoms with Gasteiger partial charge in [-0.3, -0.25) is 0 Å². The van der Waals surface area contributed by atoms with E-state index in [2.05, 4.69) is 15.5 Å². The van der Waals surface area contributed by atoms with Crippen LogP contribution < -0.4 is 5.32 Å². The highest BCUT2D eigenvalue weighted by Gasteiger charge is 2.41. The van der Waals surface area contributed by atoms with Crippen molar-refractivity contribution in [1.29, 1.82) is 0 Å². The number of likely N-dealkylation sites (N-methyl/N-ethyl adjacent to an activating group) is 1. The lowest BCUT2D eigenvalue weighted by molar-refractivity contribution is 0.547. The number of hydrogen-bond donors (Lipinski definition) is 1. The molecule has 2 rings (SSSR count). The highest BCUT2D eigenvalue weighted by Crippen LogP contribution is 2.39. The van der Waals surface area contributed by atoms with Crippen molar-refractivity contribution >= 4 is 23.2 Å². The molecule has 1 aromatic heterocycles. The van der Waals surface area contributed by atoms with Gasteiger partial charge in [0.25, 0.3) is 0 Å². The average molecular weight is 232 g/mol. The Morgan fingerprint density at radius 3 is 2.71 bits per heavy atom. The van der Waals surface area contributed by atoms with E-state index >= 15 is 0 Å². The van der Waals surface area contributed by atoms with Crippen LogP contribution in [-0.4, -0.2) is 22.8 Å². The highest BCUT2D eigenvalue weighted by atomic mass is 35.5. The standard InChI is InChI=1S/C9H11Cl2N3/c1-12-9(2-3-9)5-6-4-7(10)13-14-8(6)11/h4,12H,2-3,5H2,1H3. The minimum Gasteiger partial charge on any atom is -0.314 e. The predicted molar refractivity (Wildman–Crippen MR) is 56.8 cm³/mol. The monoisotopic (exact) mass is 231 g/mol. The SMILES string of the molecule is CNC1(Cc2cc(Cl)nnc2Cl)CC1. The Labute approximate surface area is 92.8 Å². The lowest BCUT2D eigenvalue weighted by atomic mass is 10.1. The van der Waals surface area contributed by atoms with E-state index in [0.717, 1.165) is 12.0 Å². The van der Waals surface area contributed by atoms with Gasteiger partial charge in [-0.1, -0.05) is 23.2 Å². The van der Waals surface area contributed by atoms with Crippen molar-refractivity contribution in [2.24, 2.45) is 0 Å². The molecule has 0 aromatic carbocycles. The summed E-state index contributed by atoms with van der Waals surface area (Å²) in [5, 5.41) is 11.6. The summed E-state index contributed by atoms with van der Waals surface area (Å²) in [5.74, 6) is 0. The average Bonchev–Trinajstić information content (AvgIpc) is 2.92. The molecular formula is C9H11Cl2N3. The first-order valence-corrected chi connectivity index (χ1v) is 5.27. The molecule has 1 aliphatic rings. The van der Waals surface area contributed by atoms with Gasteiger partial charge in [-0.2, -0.15) is 0 Å². The summed E-state index contributed by atoms with van der Waals surface area (Å²) in [6.45, 7) is 0. The number of halogens is 2. The van der Waals surface area contributed by atoms with E-state index in [9.17, 15) is 0 Å². The fourth-order valence-corrected chi connectivity index (χ4v) is 1.87. The highest BCUT2D eigenvalue weighted by molar-refractivity contribution is 6.31. The Hall–Kier alpha value is -0.380. The summed E-state index contributed by atoms with van der Waals surface area (Å²) < 4.78 is 0. The number of aromatic nitrogens is 2. The van der Waals surface area contributed by atoms with Crippen LogP contribution in [0.3, 0.4) is 0 Å². The summed E-state index contributed by atoms with van der Waals surface area (Å²) >= 11 is 11.7. The van der Waals surface area contributed by atoms with Gasteiger partial charge in [-0.05, 0) is 37.9 Å². The Bertz CT molecular complexity index is 350. The molecular weight excluding hydrogens is 221 g/mol. The first-order chi connectivity index (χ1) is 6.65. The number of rotatable bonds is 3. The third-order valence-electron chi connectivity index (χ3n) is 2.70.